The summed E-state index contributed by atoms with van der Waals surface area (Å²) in [5.41, 5.74) is 1.05. The van der Waals surface area contributed by atoms with Crippen molar-refractivity contribution < 1.29 is 9.90 Å². The van der Waals surface area contributed by atoms with Crippen molar-refractivity contribution >= 4 is 23.2 Å². The predicted molar refractivity (Wildman–Crippen MR) is 107 cm³/mol. The molecule has 6 nitrogen and oxygen atoms in total. The Morgan fingerprint density at radius 2 is 1.96 bits per heavy atom. The Kier molecular flexibility index (Phi) is 11.1. The summed E-state index contributed by atoms with van der Waals surface area (Å²) in [6.45, 7) is 5.97. The summed E-state index contributed by atoms with van der Waals surface area (Å²) in [6.07, 6.45) is 2.57. The zero-order valence-electron chi connectivity index (χ0n) is 15.7. The minimum absolute atomic E-state index is 0.0801. The van der Waals surface area contributed by atoms with Gasteiger partial charge in [-0.3, -0.25) is 4.79 Å². The van der Waals surface area contributed by atoms with Gasteiger partial charge in [0.1, 0.15) is 0 Å². The molecule has 1 aromatic rings. The molecule has 4 N–H and O–H groups in total. The van der Waals surface area contributed by atoms with Crippen LogP contribution in [0.4, 0.5) is 0 Å². The van der Waals surface area contributed by atoms with Crippen molar-refractivity contribution in [3.8, 4) is 0 Å². The molecule has 0 radical (unpaired) electrons. The zero-order valence-corrected chi connectivity index (χ0v) is 16.5. The zero-order chi connectivity index (χ0) is 19.4. The Labute approximate surface area is 161 Å². The van der Waals surface area contributed by atoms with Crippen LogP contribution in [-0.2, 0) is 4.79 Å². The molecule has 1 unspecified atom stereocenters. The highest BCUT2D eigenvalue weighted by Gasteiger charge is 2.26. The smallest absolute Gasteiger partial charge is 0.222 e. The van der Waals surface area contributed by atoms with Crippen molar-refractivity contribution in [2.75, 3.05) is 32.9 Å². The number of unbranched alkanes of at least 4 members (excludes halogenated alkanes) is 1. The van der Waals surface area contributed by atoms with E-state index >= 15 is 0 Å². The number of amides is 1. The summed E-state index contributed by atoms with van der Waals surface area (Å²) in [5.74, 6) is -0.0801. The first-order valence-corrected chi connectivity index (χ1v) is 9.59. The Morgan fingerprint density at radius 3 is 2.54 bits per heavy atom. The first-order valence-electron chi connectivity index (χ1n) is 9.21. The van der Waals surface area contributed by atoms with E-state index in [1.165, 1.54) is 0 Å². The molecule has 1 aromatic carbocycles. The number of hydrogen-bond donors (Lipinski definition) is 4. The van der Waals surface area contributed by atoms with Crippen molar-refractivity contribution in [2.24, 2.45) is 0 Å². The topological polar surface area (TPSA) is 88.4 Å². The summed E-state index contributed by atoms with van der Waals surface area (Å²) in [5, 5.41) is 25.1. The third kappa shape index (κ3) is 7.41. The molecule has 26 heavy (non-hydrogen) atoms. The highest BCUT2D eigenvalue weighted by atomic mass is 35.5. The molecule has 0 fully saturated rings. The van der Waals surface area contributed by atoms with E-state index < -0.39 is 6.04 Å². The van der Waals surface area contributed by atoms with Gasteiger partial charge in [0, 0.05) is 31.2 Å². The number of benzene rings is 1. The maximum atomic E-state index is 12.4. The average molecular weight is 383 g/mol. The fourth-order valence-electron chi connectivity index (χ4n) is 2.64. The van der Waals surface area contributed by atoms with Crippen LogP contribution in [0.2, 0.25) is 5.02 Å². The molecular formula is C19H31ClN4O2. The van der Waals surface area contributed by atoms with Crippen LogP contribution in [0.3, 0.4) is 0 Å². The van der Waals surface area contributed by atoms with Gasteiger partial charge in [-0.05, 0) is 30.7 Å². The molecule has 1 amide bonds. The van der Waals surface area contributed by atoms with Crippen LogP contribution in [0, 0.1) is 5.41 Å². The number of hydrogen-bond acceptors (Lipinski definition) is 5. The Bertz CT molecular complexity index is 551. The van der Waals surface area contributed by atoms with Crippen molar-refractivity contribution in [1.29, 1.82) is 5.41 Å². The SMILES string of the molecule is CCCCNCNCC(C(=N)c1ccc(Cl)cc1)N(CCO)C(=O)CC. The normalized spacial score (nSPS) is 12.0. The molecule has 0 saturated carbocycles. The second-order valence-corrected chi connectivity index (χ2v) is 6.52. The van der Waals surface area contributed by atoms with Crippen LogP contribution in [0.1, 0.15) is 38.7 Å². The van der Waals surface area contributed by atoms with Crippen molar-refractivity contribution in [2.45, 2.75) is 39.2 Å². The fraction of sp³-hybridized carbons (Fsp3) is 0.579. The molecule has 1 atom stereocenters. The van der Waals surface area contributed by atoms with Gasteiger partial charge in [-0.25, -0.2) is 0 Å². The lowest BCUT2D eigenvalue weighted by Crippen LogP contribution is -2.52. The Hall–Kier alpha value is -1.47. The lowest BCUT2D eigenvalue weighted by atomic mass is 10.0. The first-order chi connectivity index (χ1) is 12.5. The maximum Gasteiger partial charge on any atom is 0.222 e. The number of carbonyl (C=O) groups is 1. The molecule has 0 aliphatic heterocycles. The highest BCUT2D eigenvalue weighted by Crippen LogP contribution is 2.14. The summed E-state index contributed by atoms with van der Waals surface area (Å²) >= 11 is 5.94. The van der Waals surface area contributed by atoms with E-state index in [-0.39, 0.29) is 19.1 Å². The van der Waals surface area contributed by atoms with Crippen LogP contribution in [0.25, 0.3) is 0 Å². The van der Waals surface area contributed by atoms with Crippen LogP contribution < -0.4 is 10.6 Å². The standard InChI is InChI=1S/C19H31ClN4O2/c1-3-5-10-22-14-23-13-17(24(11-12-25)18(26)4-2)19(21)15-6-8-16(20)9-7-15/h6-9,17,21-23,25H,3-5,10-14H2,1-2H3. The van der Waals surface area contributed by atoms with Crippen LogP contribution in [-0.4, -0.2) is 60.6 Å². The molecule has 0 saturated heterocycles. The number of aliphatic hydroxyl groups is 1. The first kappa shape index (κ1) is 22.6. The summed E-state index contributed by atoms with van der Waals surface area (Å²) < 4.78 is 0. The van der Waals surface area contributed by atoms with Gasteiger partial charge in [0.2, 0.25) is 5.91 Å². The lowest BCUT2D eigenvalue weighted by Gasteiger charge is -2.32. The maximum absolute atomic E-state index is 12.4. The van der Waals surface area contributed by atoms with Crippen LogP contribution in [0.15, 0.2) is 24.3 Å². The number of carbonyl (C=O) groups excluding carboxylic acids is 1. The molecule has 0 heterocycles. The van der Waals surface area contributed by atoms with Crippen LogP contribution in [0.5, 0.6) is 0 Å². The van der Waals surface area contributed by atoms with Gasteiger partial charge < -0.3 is 26.0 Å². The van der Waals surface area contributed by atoms with Crippen molar-refractivity contribution in [1.82, 2.24) is 15.5 Å². The highest BCUT2D eigenvalue weighted by molar-refractivity contribution is 6.30. The quantitative estimate of drug-likeness (QED) is 0.239. The van der Waals surface area contributed by atoms with E-state index in [0.29, 0.717) is 35.9 Å². The third-order valence-corrected chi connectivity index (χ3v) is 4.38. The molecule has 7 heteroatoms. The minimum Gasteiger partial charge on any atom is -0.395 e. The van der Waals surface area contributed by atoms with E-state index in [4.69, 9.17) is 17.0 Å². The predicted octanol–water partition coefficient (Wildman–Crippen LogP) is 2.24. The molecule has 1 rings (SSSR count). The molecule has 0 aliphatic rings. The average Bonchev–Trinajstić information content (AvgIpc) is 2.65. The second kappa shape index (κ2) is 12.8. The Morgan fingerprint density at radius 1 is 1.27 bits per heavy atom. The monoisotopic (exact) mass is 382 g/mol. The summed E-state index contributed by atoms with van der Waals surface area (Å²) in [6, 6.07) is 6.58. The number of aliphatic hydroxyl groups excluding tert-OH is 1. The molecule has 0 aromatic heterocycles. The van der Waals surface area contributed by atoms with Gasteiger partial charge in [-0.2, -0.15) is 0 Å². The van der Waals surface area contributed by atoms with Gasteiger partial charge in [0.25, 0.3) is 0 Å². The van der Waals surface area contributed by atoms with E-state index in [9.17, 15) is 9.90 Å². The van der Waals surface area contributed by atoms with Gasteiger partial charge in [0.05, 0.1) is 18.4 Å². The Balaban J connectivity index is 2.86. The number of halogens is 1. The number of nitrogens with zero attached hydrogens (tertiary/aromatic N) is 1. The van der Waals surface area contributed by atoms with Crippen LogP contribution >= 0.6 is 11.6 Å². The van der Waals surface area contributed by atoms with Crippen molar-refractivity contribution in [3.05, 3.63) is 34.9 Å². The van der Waals surface area contributed by atoms with Gasteiger partial charge in [-0.1, -0.05) is 44.0 Å². The van der Waals surface area contributed by atoms with E-state index in [2.05, 4.69) is 17.6 Å². The molecule has 0 spiro atoms. The number of rotatable bonds is 13. The van der Waals surface area contributed by atoms with E-state index in [0.717, 1.165) is 19.4 Å². The second-order valence-electron chi connectivity index (χ2n) is 6.09. The third-order valence-electron chi connectivity index (χ3n) is 4.12. The molecular weight excluding hydrogens is 352 g/mol. The van der Waals surface area contributed by atoms with E-state index in [1.807, 2.05) is 0 Å². The number of nitrogens with one attached hydrogen (secondary N) is 3. The summed E-state index contributed by atoms with van der Waals surface area (Å²) in [4.78, 5) is 13.9. The largest absolute Gasteiger partial charge is 0.395 e. The van der Waals surface area contributed by atoms with Gasteiger partial charge in [0.15, 0.2) is 0 Å². The van der Waals surface area contributed by atoms with Crippen molar-refractivity contribution in [3.63, 3.8) is 0 Å². The molecule has 0 bridgehead atoms. The summed E-state index contributed by atoms with van der Waals surface area (Å²) in [7, 11) is 0. The molecule has 0 aliphatic carbocycles. The lowest BCUT2D eigenvalue weighted by molar-refractivity contribution is -0.132. The van der Waals surface area contributed by atoms with E-state index in [1.54, 1.807) is 36.1 Å². The fourth-order valence-corrected chi connectivity index (χ4v) is 2.77. The van der Waals surface area contributed by atoms with Gasteiger partial charge in [-0.15, -0.1) is 0 Å². The minimum atomic E-state index is -0.455. The molecule has 146 valence electrons. The van der Waals surface area contributed by atoms with Gasteiger partial charge >= 0.3 is 0 Å².